The molecule has 0 saturated carbocycles. The predicted octanol–water partition coefficient (Wildman–Crippen LogP) is 3.28. The van der Waals surface area contributed by atoms with Gasteiger partial charge in [-0.25, -0.2) is 9.97 Å². The molecule has 164 valence electrons. The molecule has 0 N–H and O–H groups in total. The number of aromatic nitrogens is 2. The number of piperazine rings is 1. The van der Waals surface area contributed by atoms with E-state index in [-0.39, 0.29) is 0 Å². The standard InChI is InChI=1S/C24H30N4O3/c1-17-19-7-5-6-8-20(19)26-22(25-17)16-28-13-11-27(12-14-28)15-18-9-10-21(29-2)24(31-4)23(18)30-3/h5-10H,11-16H2,1-4H3. The number of ether oxygens (including phenoxy) is 3. The zero-order valence-electron chi connectivity index (χ0n) is 18.7. The van der Waals surface area contributed by atoms with Crippen LogP contribution in [0.1, 0.15) is 17.1 Å². The molecule has 0 radical (unpaired) electrons. The fourth-order valence-electron chi connectivity index (χ4n) is 4.20. The molecule has 0 aliphatic carbocycles. The van der Waals surface area contributed by atoms with E-state index in [4.69, 9.17) is 24.2 Å². The van der Waals surface area contributed by atoms with E-state index in [2.05, 4.69) is 34.9 Å². The van der Waals surface area contributed by atoms with E-state index in [0.29, 0.717) is 11.5 Å². The van der Waals surface area contributed by atoms with Crippen LogP contribution in [0.5, 0.6) is 17.2 Å². The van der Waals surface area contributed by atoms with Crippen molar-refractivity contribution in [3.8, 4) is 17.2 Å². The van der Waals surface area contributed by atoms with Crippen LogP contribution in [-0.2, 0) is 13.1 Å². The highest BCUT2D eigenvalue weighted by atomic mass is 16.5. The number of nitrogens with zero attached hydrogens (tertiary/aromatic N) is 4. The van der Waals surface area contributed by atoms with Crippen LogP contribution in [0.25, 0.3) is 10.9 Å². The van der Waals surface area contributed by atoms with Gasteiger partial charge >= 0.3 is 0 Å². The highest BCUT2D eigenvalue weighted by Crippen LogP contribution is 2.40. The van der Waals surface area contributed by atoms with Crippen molar-refractivity contribution in [2.24, 2.45) is 0 Å². The van der Waals surface area contributed by atoms with Crippen LogP contribution >= 0.6 is 0 Å². The lowest BCUT2D eigenvalue weighted by atomic mass is 10.1. The monoisotopic (exact) mass is 422 g/mol. The number of hydrogen-bond acceptors (Lipinski definition) is 7. The summed E-state index contributed by atoms with van der Waals surface area (Å²) in [5, 5.41) is 1.12. The number of fused-ring (bicyclic) bond motifs is 1. The summed E-state index contributed by atoms with van der Waals surface area (Å²) in [4.78, 5) is 14.4. The van der Waals surface area contributed by atoms with E-state index in [0.717, 1.165) is 73.0 Å². The molecule has 1 saturated heterocycles. The second kappa shape index (κ2) is 9.49. The summed E-state index contributed by atoms with van der Waals surface area (Å²) in [5.41, 5.74) is 3.16. The molecule has 31 heavy (non-hydrogen) atoms. The van der Waals surface area contributed by atoms with Crippen LogP contribution in [0, 0.1) is 6.92 Å². The first kappa shape index (κ1) is 21.3. The van der Waals surface area contributed by atoms with Crippen LogP contribution < -0.4 is 14.2 Å². The van der Waals surface area contributed by atoms with Crippen molar-refractivity contribution in [2.75, 3.05) is 47.5 Å². The Bertz CT molecular complexity index is 1050. The summed E-state index contributed by atoms with van der Waals surface area (Å²) in [6.45, 7) is 7.55. The lowest BCUT2D eigenvalue weighted by molar-refractivity contribution is 0.119. The van der Waals surface area contributed by atoms with Gasteiger partial charge in [-0.2, -0.15) is 0 Å². The number of rotatable bonds is 7. The minimum absolute atomic E-state index is 0.643. The van der Waals surface area contributed by atoms with Crippen molar-refractivity contribution in [1.82, 2.24) is 19.8 Å². The van der Waals surface area contributed by atoms with Crippen LogP contribution in [0.3, 0.4) is 0 Å². The summed E-state index contributed by atoms with van der Waals surface area (Å²) >= 11 is 0. The number of methoxy groups -OCH3 is 3. The van der Waals surface area contributed by atoms with E-state index in [1.54, 1.807) is 21.3 Å². The minimum Gasteiger partial charge on any atom is -0.493 e. The van der Waals surface area contributed by atoms with E-state index >= 15 is 0 Å². The van der Waals surface area contributed by atoms with E-state index in [9.17, 15) is 0 Å². The highest BCUT2D eigenvalue weighted by molar-refractivity contribution is 5.80. The third kappa shape index (κ3) is 4.57. The molecule has 0 atom stereocenters. The van der Waals surface area contributed by atoms with Gasteiger partial charge in [0.05, 0.1) is 33.4 Å². The van der Waals surface area contributed by atoms with Crippen LogP contribution in [0.15, 0.2) is 36.4 Å². The topological polar surface area (TPSA) is 60.0 Å². The average molecular weight is 423 g/mol. The average Bonchev–Trinajstić information content (AvgIpc) is 2.80. The molecular formula is C24H30N4O3. The fraction of sp³-hybridized carbons (Fsp3) is 0.417. The molecule has 1 fully saturated rings. The molecule has 3 aromatic rings. The van der Waals surface area contributed by atoms with E-state index < -0.39 is 0 Å². The first-order valence-corrected chi connectivity index (χ1v) is 10.6. The van der Waals surface area contributed by atoms with Crippen molar-refractivity contribution in [3.05, 3.63) is 53.5 Å². The third-order valence-electron chi connectivity index (χ3n) is 5.85. The van der Waals surface area contributed by atoms with Gasteiger partial charge < -0.3 is 14.2 Å². The predicted molar refractivity (Wildman–Crippen MR) is 121 cm³/mol. The number of para-hydroxylation sites is 1. The van der Waals surface area contributed by atoms with Crippen LogP contribution in [0.4, 0.5) is 0 Å². The SMILES string of the molecule is COc1ccc(CN2CCN(Cc3nc(C)c4ccccc4n3)CC2)c(OC)c1OC. The first-order chi connectivity index (χ1) is 15.1. The van der Waals surface area contributed by atoms with E-state index in [1.807, 2.05) is 18.2 Å². The molecule has 7 heteroatoms. The van der Waals surface area contributed by atoms with Gasteiger partial charge in [-0.05, 0) is 19.1 Å². The lowest BCUT2D eigenvalue weighted by Crippen LogP contribution is -2.45. The molecule has 1 aliphatic rings. The van der Waals surface area contributed by atoms with Crippen molar-refractivity contribution in [1.29, 1.82) is 0 Å². The molecule has 7 nitrogen and oxygen atoms in total. The molecule has 2 aromatic carbocycles. The highest BCUT2D eigenvalue weighted by Gasteiger charge is 2.22. The Labute approximate surface area is 183 Å². The Morgan fingerprint density at radius 2 is 1.45 bits per heavy atom. The van der Waals surface area contributed by atoms with Gasteiger partial charge in [-0.15, -0.1) is 0 Å². The molecule has 0 amide bonds. The second-order valence-electron chi connectivity index (χ2n) is 7.79. The molecular weight excluding hydrogens is 392 g/mol. The maximum absolute atomic E-state index is 5.64. The zero-order chi connectivity index (χ0) is 21.8. The molecule has 0 spiro atoms. The number of hydrogen-bond donors (Lipinski definition) is 0. The molecule has 0 bridgehead atoms. The van der Waals surface area contributed by atoms with Gasteiger partial charge in [0, 0.05) is 49.4 Å². The van der Waals surface area contributed by atoms with Gasteiger partial charge in [0.25, 0.3) is 0 Å². The Hall–Kier alpha value is -2.90. The fourth-order valence-corrected chi connectivity index (χ4v) is 4.20. The van der Waals surface area contributed by atoms with Crippen molar-refractivity contribution in [3.63, 3.8) is 0 Å². The zero-order valence-corrected chi connectivity index (χ0v) is 18.7. The largest absolute Gasteiger partial charge is 0.493 e. The summed E-state index contributed by atoms with van der Waals surface area (Å²) in [7, 11) is 4.95. The normalized spacial score (nSPS) is 15.2. The third-order valence-corrected chi connectivity index (χ3v) is 5.85. The Kier molecular flexibility index (Phi) is 6.53. The van der Waals surface area contributed by atoms with Crippen LogP contribution in [0.2, 0.25) is 0 Å². The molecule has 0 unspecified atom stereocenters. The summed E-state index contributed by atoms with van der Waals surface area (Å²) < 4.78 is 16.6. The summed E-state index contributed by atoms with van der Waals surface area (Å²) in [6, 6.07) is 12.2. The Morgan fingerprint density at radius 3 is 2.13 bits per heavy atom. The maximum Gasteiger partial charge on any atom is 0.203 e. The Morgan fingerprint density at radius 1 is 0.774 bits per heavy atom. The summed E-state index contributed by atoms with van der Waals surface area (Å²) in [6.07, 6.45) is 0. The quantitative estimate of drug-likeness (QED) is 0.579. The molecule has 1 aliphatic heterocycles. The molecule has 1 aromatic heterocycles. The summed E-state index contributed by atoms with van der Waals surface area (Å²) in [5.74, 6) is 2.96. The number of aryl methyl sites for hydroxylation is 1. The lowest BCUT2D eigenvalue weighted by Gasteiger charge is -2.34. The smallest absolute Gasteiger partial charge is 0.203 e. The van der Waals surface area contributed by atoms with Gasteiger partial charge in [0.2, 0.25) is 5.75 Å². The molecule has 2 heterocycles. The van der Waals surface area contributed by atoms with Gasteiger partial charge in [-0.1, -0.05) is 24.3 Å². The number of benzene rings is 2. The molecule has 4 rings (SSSR count). The van der Waals surface area contributed by atoms with Crippen LogP contribution in [-0.4, -0.2) is 67.3 Å². The first-order valence-electron chi connectivity index (χ1n) is 10.6. The van der Waals surface area contributed by atoms with Crippen molar-refractivity contribution >= 4 is 10.9 Å². The van der Waals surface area contributed by atoms with Gasteiger partial charge in [-0.3, -0.25) is 9.80 Å². The maximum atomic E-state index is 5.64. The minimum atomic E-state index is 0.643. The van der Waals surface area contributed by atoms with Crippen molar-refractivity contribution in [2.45, 2.75) is 20.0 Å². The van der Waals surface area contributed by atoms with E-state index in [1.165, 1.54) is 0 Å². The van der Waals surface area contributed by atoms with Crippen molar-refractivity contribution < 1.29 is 14.2 Å². The van der Waals surface area contributed by atoms with Gasteiger partial charge in [0.15, 0.2) is 11.5 Å². The second-order valence-corrected chi connectivity index (χ2v) is 7.79. The van der Waals surface area contributed by atoms with Gasteiger partial charge in [0.1, 0.15) is 5.82 Å². The Balaban J connectivity index is 1.39.